The van der Waals surface area contributed by atoms with Crippen molar-refractivity contribution >= 4 is 17.7 Å². The summed E-state index contributed by atoms with van der Waals surface area (Å²) in [5, 5.41) is 3.38. The largest absolute Gasteiger partial charge is 0.465 e. The number of unbranched alkanes of at least 4 members (excludes halogenated alkanes) is 1. The van der Waals surface area contributed by atoms with Crippen molar-refractivity contribution in [1.82, 2.24) is 5.32 Å². The summed E-state index contributed by atoms with van der Waals surface area (Å²) < 4.78 is 5.14. The maximum absolute atomic E-state index is 11.5. The van der Waals surface area contributed by atoms with E-state index in [2.05, 4.69) is 31.3 Å². The van der Waals surface area contributed by atoms with E-state index in [4.69, 9.17) is 4.74 Å². The Bertz CT molecular complexity index is 396. The number of carbonyl (C=O) groups is 1. The van der Waals surface area contributed by atoms with Crippen LogP contribution >= 0.6 is 11.8 Å². The molecule has 3 nitrogen and oxygen atoms in total. The predicted octanol–water partition coefficient (Wildman–Crippen LogP) is 3.62. The Kier molecular flexibility index (Phi) is 9.16. The van der Waals surface area contributed by atoms with Crippen LogP contribution in [0.5, 0.6) is 0 Å². The maximum Gasteiger partial charge on any atom is 0.316 e. The summed E-state index contributed by atoms with van der Waals surface area (Å²) in [4.78, 5) is 12.7. The van der Waals surface area contributed by atoms with E-state index in [0.717, 1.165) is 37.2 Å². The Morgan fingerprint density at radius 3 is 2.90 bits per heavy atom. The Morgan fingerprint density at radius 1 is 1.30 bits per heavy atom. The van der Waals surface area contributed by atoms with E-state index in [1.54, 1.807) is 0 Å². The zero-order chi connectivity index (χ0) is 14.6. The summed E-state index contributed by atoms with van der Waals surface area (Å²) in [6.07, 6.45) is 3.13. The van der Waals surface area contributed by atoms with E-state index in [1.165, 1.54) is 17.3 Å². The zero-order valence-corrected chi connectivity index (χ0v) is 13.3. The molecule has 0 heterocycles. The van der Waals surface area contributed by atoms with Crippen molar-refractivity contribution in [3.05, 3.63) is 29.8 Å². The van der Waals surface area contributed by atoms with Crippen molar-refractivity contribution in [1.29, 1.82) is 0 Å². The van der Waals surface area contributed by atoms with Gasteiger partial charge in [0.2, 0.25) is 0 Å². The highest BCUT2D eigenvalue weighted by Gasteiger charge is 2.04. The van der Waals surface area contributed by atoms with Gasteiger partial charge in [0.05, 0.1) is 12.4 Å². The van der Waals surface area contributed by atoms with Crippen LogP contribution in [0, 0.1) is 0 Å². The van der Waals surface area contributed by atoms with Gasteiger partial charge >= 0.3 is 5.97 Å². The monoisotopic (exact) mass is 295 g/mol. The molecule has 1 N–H and O–H groups in total. The van der Waals surface area contributed by atoms with Crippen LogP contribution in [0.1, 0.15) is 38.7 Å². The lowest BCUT2D eigenvalue weighted by atomic mass is 10.2. The molecular formula is C16H25NO2S. The van der Waals surface area contributed by atoms with Crippen LogP contribution in [0.2, 0.25) is 0 Å². The van der Waals surface area contributed by atoms with Crippen LogP contribution in [0.4, 0.5) is 0 Å². The van der Waals surface area contributed by atoms with Crippen molar-refractivity contribution in [3.8, 4) is 0 Å². The molecule has 0 aromatic heterocycles. The fraction of sp³-hybridized carbons (Fsp3) is 0.562. The van der Waals surface area contributed by atoms with Crippen LogP contribution in [0.25, 0.3) is 0 Å². The fourth-order valence-corrected chi connectivity index (χ4v) is 2.45. The van der Waals surface area contributed by atoms with Gasteiger partial charge < -0.3 is 10.1 Å². The first kappa shape index (κ1) is 17.1. The molecule has 0 aliphatic carbocycles. The van der Waals surface area contributed by atoms with Gasteiger partial charge in [-0.3, -0.25) is 4.79 Å². The summed E-state index contributed by atoms with van der Waals surface area (Å²) in [5.41, 5.74) is 1.25. The first-order valence-corrected chi connectivity index (χ1v) is 8.33. The lowest BCUT2D eigenvalue weighted by molar-refractivity contribution is -0.140. The molecule has 0 bridgehead atoms. The van der Waals surface area contributed by atoms with Crippen LogP contribution < -0.4 is 5.32 Å². The summed E-state index contributed by atoms with van der Waals surface area (Å²) >= 11 is 1.54. The Balaban J connectivity index is 2.32. The topological polar surface area (TPSA) is 38.3 Å². The molecule has 20 heavy (non-hydrogen) atoms. The van der Waals surface area contributed by atoms with E-state index >= 15 is 0 Å². The molecule has 0 aliphatic heterocycles. The number of nitrogens with one attached hydrogen (secondary N) is 1. The van der Waals surface area contributed by atoms with Crippen molar-refractivity contribution in [2.45, 2.75) is 44.6 Å². The van der Waals surface area contributed by atoms with E-state index in [1.807, 2.05) is 12.1 Å². The third kappa shape index (κ3) is 7.56. The molecule has 0 saturated heterocycles. The molecule has 1 aromatic rings. The van der Waals surface area contributed by atoms with Crippen LogP contribution in [0.3, 0.4) is 0 Å². The van der Waals surface area contributed by atoms with Crippen LogP contribution in [-0.2, 0) is 16.1 Å². The zero-order valence-electron chi connectivity index (χ0n) is 12.5. The molecule has 0 unspecified atom stereocenters. The van der Waals surface area contributed by atoms with E-state index < -0.39 is 0 Å². The van der Waals surface area contributed by atoms with Crippen LogP contribution in [-0.4, -0.2) is 24.9 Å². The molecule has 0 atom stereocenters. The normalized spacial score (nSPS) is 10.5. The SMILES string of the molecule is CCCCOC(=O)CSc1cccc(CNCCC)c1. The summed E-state index contributed by atoms with van der Waals surface area (Å²) in [7, 11) is 0. The number of esters is 1. The lowest BCUT2D eigenvalue weighted by Gasteiger charge is -2.07. The van der Waals surface area contributed by atoms with E-state index in [0.29, 0.717) is 12.4 Å². The number of thioether (sulfide) groups is 1. The standard InChI is InChI=1S/C16H25NO2S/c1-3-5-10-19-16(18)13-20-15-8-6-7-14(11-15)12-17-9-4-2/h6-8,11,17H,3-5,9-10,12-13H2,1-2H3. The number of rotatable bonds is 10. The summed E-state index contributed by atoms with van der Waals surface area (Å²) in [6.45, 7) is 6.69. The number of hydrogen-bond acceptors (Lipinski definition) is 4. The van der Waals surface area contributed by atoms with Gasteiger partial charge in [-0.2, -0.15) is 0 Å². The molecule has 0 fully saturated rings. The smallest absolute Gasteiger partial charge is 0.316 e. The second-order valence-corrected chi connectivity index (χ2v) is 5.74. The average Bonchev–Trinajstić information content (AvgIpc) is 2.46. The van der Waals surface area contributed by atoms with Crippen molar-refractivity contribution in [3.63, 3.8) is 0 Å². The maximum atomic E-state index is 11.5. The number of benzene rings is 1. The summed E-state index contributed by atoms with van der Waals surface area (Å²) in [6, 6.07) is 8.31. The second-order valence-electron chi connectivity index (χ2n) is 4.69. The van der Waals surface area contributed by atoms with E-state index in [-0.39, 0.29) is 5.97 Å². The van der Waals surface area contributed by atoms with Gasteiger partial charge in [-0.15, -0.1) is 11.8 Å². The van der Waals surface area contributed by atoms with Gasteiger partial charge in [-0.1, -0.05) is 32.4 Å². The first-order valence-electron chi connectivity index (χ1n) is 7.34. The first-order chi connectivity index (χ1) is 9.76. The lowest BCUT2D eigenvalue weighted by Crippen LogP contribution is -2.13. The molecule has 0 saturated carbocycles. The molecule has 1 aromatic carbocycles. The van der Waals surface area contributed by atoms with Crippen molar-refractivity contribution < 1.29 is 9.53 Å². The molecule has 0 aliphatic rings. The highest BCUT2D eigenvalue weighted by molar-refractivity contribution is 8.00. The molecule has 1 rings (SSSR count). The number of ether oxygens (including phenoxy) is 1. The van der Waals surface area contributed by atoms with Gasteiger partial charge in [-0.25, -0.2) is 0 Å². The minimum Gasteiger partial charge on any atom is -0.465 e. The van der Waals surface area contributed by atoms with Gasteiger partial charge in [-0.05, 0) is 37.1 Å². The second kappa shape index (κ2) is 10.7. The highest BCUT2D eigenvalue weighted by Crippen LogP contribution is 2.19. The quantitative estimate of drug-likeness (QED) is 0.406. The molecule has 0 radical (unpaired) electrons. The average molecular weight is 295 g/mol. The Labute approximate surface area is 126 Å². The molecular weight excluding hydrogens is 270 g/mol. The Hall–Kier alpha value is -1.00. The molecule has 0 spiro atoms. The Morgan fingerprint density at radius 2 is 2.15 bits per heavy atom. The van der Waals surface area contributed by atoms with Gasteiger partial charge in [0.15, 0.2) is 0 Å². The van der Waals surface area contributed by atoms with Crippen molar-refractivity contribution in [2.24, 2.45) is 0 Å². The fourth-order valence-electron chi connectivity index (χ4n) is 1.67. The third-order valence-electron chi connectivity index (χ3n) is 2.77. The minimum atomic E-state index is -0.127. The molecule has 112 valence electrons. The highest BCUT2D eigenvalue weighted by atomic mass is 32.2. The number of hydrogen-bond donors (Lipinski definition) is 1. The van der Waals surface area contributed by atoms with Gasteiger partial charge in [0, 0.05) is 11.4 Å². The van der Waals surface area contributed by atoms with Crippen molar-refractivity contribution in [2.75, 3.05) is 18.9 Å². The van der Waals surface area contributed by atoms with Gasteiger partial charge in [0.1, 0.15) is 0 Å². The minimum absolute atomic E-state index is 0.127. The number of carbonyl (C=O) groups excluding carboxylic acids is 1. The summed E-state index contributed by atoms with van der Waals surface area (Å²) in [5.74, 6) is 0.258. The third-order valence-corrected chi connectivity index (χ3v) is 3.74. The van der Waals surface area contributed by atoms with Crippen LogP contribution in [0.15, 0.2) is 29.2 Å². The molecule has 0 amide bonds. The van der Waals surface area contributed by atoms with E-state index in [9.17, 15) is 4.79 Å². The molecule has 4 heteroatoms. The predicted molar refractivity (Wildman–Crippen MR) is 85.0 cm³/mol. The van der Waals surface area contributed by atoms with Gasteiger partial charge in [0.25, 0.3) is 0 Å².